The number of hydrogen-bond acceptors (Lipinski definition) is 4. The Bertz CT molecular complexity index is 588. The maximum absolute atomic E-state index is 12.5. The van der Waals surface area contributed by atoms with Crippen molar-refractivity contribution in [2.24, 2.45) is 5.41 Å². The van der Waals surface area contributed by atoms with E-state index in [0.29, 0.717) is 18.8 Å². The molecule has 2 aliphatic heterocycles. The largest absolute Gasteiger partial charge is 0.495 e. The zero-order chi connectivity index (χ0) is 18.1. The van der Waals surface area contributed by atoms with Crippen molar-refractivity contribution in [3.8, 4) is 5.75 Å². The summed E-state index contributed by atoms with van der Waals surface area (Å²) in [5.41, 5.74) is 7.73. The van der Waals surface area contributed by atoms with Gasteiger partial charge in [-0.15, -0.1) is 0 Å². The molecule has 140 valence electrons. The SMILES string of the molecule is COc1cc(N)ccc1N1CCC2(CCN(CC(F)(F)F)CC2)CC1. The molecule has 1 aromatic rings. The van der Waals surface area contributed by atoms with Crippen molar-refractivity contribution in [1.82, 2.24) is 4.90 Å². The highest BCUT2D eigenvalue weighted by molar-refractivity contribution is 5.64. The number of benzene rings is 1. The standard InChI is InChI=1S/C18H26F3N3O/c1-25-16-12-14(22)2-3-15(16)24-10-6-17(7-11-24)4-8-23(9-5-17)13-18(19,20)21/h2-3,12H,4-11,13,22H2,1H3. The Balaban J connectivity index is 1.58. The lowest BCUT2D eigenvalue weighted by Crippen LogP contribution is -2.48. The molecule has 3 rings (SSSR count). The Labute approximate surface area is 146 Å². The molecule has 0 aromatic heterocycles. The van der Waals surface area contributed by atoms with Gasteiger partial charge in [-0.2, -0.15) is 13.2 Å². The predicted molar refractivity (Wildman–Crippen MR) is 93.0 cm³/mol. The summed E-state index contributed by atoms with van der Waals surface area (Å²) in [6.45, 7) is 2.12. The van der Waals surface area contributed by atoms with Crippen molar-refractivity contribution in [3.63, 3.8) is 0 Å². The van der Waals surface area contributed by atoms with Crippen LogP contribution in [0.2, 0.25) is 0 Å². The lowest BCUT2D eigenvalue weighted by Gasteiger charge is -2.47. The number of piperidine rings is 2. The van der Waals surface area contributed by atoms with Crippen LogP contribution in [0.1, 0.15) is 25.7 Å². The molecule has 2 saturated heterocycles. The van der Waals surface area contributed by atoms with E-state index < -0.39 is 12.7 Å². The van der Waals surface area contributed by atoms with Crippen molar-refractivity contribution in [2.45, 2.75) is 31.9 Å². The topological polar surface area (TPSA) is 41.7 Å². The molecule has 0 saturated carbocycles. The average Bonchev–Trinajstić information content (AvgIpc) is 2.57. The molecule has 1 spiro atoms. The summed E-state index contributed by atoms with van der Waals surface area (Å²) in [5, 5.41) is 0. The van der Waals surface area contributed by atoms with Gasteiger partial charge in [-0.3, -0.25) is 4.90 Å². The Morgan fingerprint density at radius 3 is 2.24 bits per heavy atom. The van der Waals surface area contributed by atoms with E-state index in [-0.39, 0.29) is 5.41 Å². The van der Waals surface area contributed by atoms with Crippen LogP contribution < -0.4 is 15.4 Å². The van der Waals surface area contributed by atoms with Crippen LogP contribution in [-0.4, -0.2) is 50.9 Å². The molecular formula is C18H26F3N3O. The molecule has 0 radical (unpaired) electrons. The number of methoxy groups -OCH3 is 1. The first-order chi connectivity index (χ1) is 11.8. The lowest BCUT2D eigenvalue weighted by atomic mass is 9.71. The van der Waals surface area contributed by atoms with Crippen molar-refractivity contribution < 1.29 is 17.9 Å². The van der Waals surface area contributed by atoms with E-state index in [4.69, 9.17) is 10.5 Å². The maximum Gasteiger partial charge on any atom is 0.401 e. The predicted octanol–water partition coefficient (Wildman–Crippen LogP) is 3.52. The van der Waals surface area contributed by atoms with Gasteiger partial charge in [-0.05, 0) is 56.3 Å². The van der Waals surface area contributed by atoms with Crippen molar-refractivity contribution >= 4 is 11.4 Å². The van der Waals surface area contributed by atoms with Crippen LogP contribution >= 0.6 is 0 Å². The number of likely N-dealkylation sites (tertiary alicyclic amines) is 1. The van der Waals surface area contributed by atoms with Gasteiger partial charge in [0.05, 0.1) is 19.3 Å². The summed E-state index contributed by atoms with van der Waals surface area (Å²) < 4.78 is 43.1. The Hall–Kier alpha value is -1.63. The zero-order valence-corrected chi connectivity index (χ0v) is 14.6. The van der Waals surface area contributed by atoms with Crippen LogP contribution in [0.3, 0.4) is 0 Å². The third-order valence-corrected chi connectivity index (χ3v) is 5.69. The van der Waals surface area contributed by atoms with Crippen molar-refractivity contribution in [2.75, 3.05) is 50.5 Å². The second kappa shape index (κ2) is 6.94. The van der Waals surface area contributed by atoms with Crippen LogP contribution in [-0.2, 0) is 0 Å². The van der Waals surface area contributed by atoms with Gasteiger partial charge in [0.1, 0.15) is 5.75 Å². The van der Waals surface area contributed by atoms with Gasteiger partial charge >= 0.3 is 6.18 Å². The first-order valence-electron chi connectivity index (χ1n) is 8.78. The second-order valence-corrected chi connectivity index (χ2v) is 7.31. The number of rotatable bonds is 3. The molecule has 0 amide bonds. The van der Waals surface area contributed by atoms with E-state index in [1.54, 1.807) is 12.0 Å². The number of nitrogen functional groups attached to an aromatic ring is 1. The molecule has 2 heterocycles. The monoisotopic (exact) mass is 357 g/mol. The van der Waals surface area contributed by atoms with Crippen LogP contribution in [0.4, 0.5) is 24.5 Å². The Kier molecular flexibility index (Phi) is 5.04. The molecule has 25 heavy (non-hydrogen) atoms. The fourth-order valence-electron chi connectivity index (χ4n) is 4.12. The molecule has 1 aromatic carbocycles. The minimum Gasteiger partial charge on any atom is -0.495 e. The molecular weight excluding hydrogens is 331 g/mol. The number of nitrogens with two attached hydrogens (primary N) is 1. The minimum absolute atomic E-state index is 0.194. The summed E-state index contributed by atoms with van der Waals surface area (Å²) in [7, 11) is 1.64. The fourth-order valence-corrected chi connectivity index (χ4v) is 4.12. The molecule has 2 fully saturated rings. The van der Waals surface area contributed by atoms with Gasteiger partial charge in [-0.1, -0.05) is 0 Å². The van der Waals surface area contributed by atoms with Gasteiger partial charge in [0.2, 0.25) is 0 Å². The van der Waals surface area contributed by atoms with E-state index in [9.17, 15) is 13.2 Å². The highest BCUT2D eigenvalue weighted by atomic mass is 19.4. The minimum atomic E-state index is -4.10. The van der Waals surface area contributed by atoms with Crippen molar-refractivity contribution in [1.29, 1.82) is 0 Å². The van der Waals surface area contributed by atoms with Crippen LogP contribution in [0.5, 0.6) is 5.75 Å². The molecule has 2 N–H and O–H groups in total. The number of ether oxygens (including phenoxy) is 1. The van der Waals surface area contributed by atoms with E-state index >= 15 is 0 Å². The van der Waals surface area contributed by atoms with Crippen LogP contribution in [0.15, 0.2) is 18.2 Å². The number of alkyl halides is 3. The molecule has 0 atom stereocenters. The number of anilines is 2. The molecule has 0 bridgehead atoms. The Morgan fingerprint density at radius 1 is 1.08 bits per heavy atom. The third kappa shape index (κ3) is 4.32. The van der Waals surface area contributed by atoms with E-state index in [2.05, 4.69) is 4.90 Å². The van der Waals surface area contributed by atoms with E-state index in [1.165, 1.54) is 0 Å². The molecule has 0 unspecified atom stereocenters. The van der Waals surface area contributed by atoms with Gasteiger partial charge in [0.25, 0.3) is 0 Å². The smallest absolute Gasteiger partial charge is 0.401 e. The highest BCUT2D eigenvalue weighted by Crippen LogP contribution is 2.43. The van der Waals surface area contributed by atoms with Crippen LogP contribution in [0, 0.1) is 5.41 Å². The summed E-state index contributed by atoms with van der Waals surface area (Å²) in [5.74, 6) is 0.774. The Morgan fingerprint density at radius 2 is 1.68 bits per heavy atom. The van der Waals surface area contributed by atoms with Gasteiger partial charge in [0.15, 0.2) is 0 Å². The number of nitrogens with zero attached hydrogens (tertiary/aromatic N) is 2. The second-order valence-electron chi connectivity index (χ2n) is 7.31. The molecule has 4 nitrogen and oxygen atoms in total. The quantitative estimate of drug-likeness (QED) is 0.841. The number of hydrogen-bond donors (Lipinski definition) is 1. The van der Waals surface area contributed by atoms with Gasteiger partial charge < -0.3 is 15.4 Å². The van der Waals surface area contributed by atoms with E-state index in [0.717, 1.165) is 50.2 Å². The summed E-state index contributed by atoms with van der Waals surface area (Å²) >= 11 is 0. The molecule has 2 aliphatic rings. The van der Waals surface area contributed by atoms with Crippen LogP contribution in [0.25, 0.3) is 0 Å². The molecule has 7 heteroatoms. The number of halogens is 3. The summed E-state index contributed by atoms with van der Waals surface area (Å²) in [4.78, 5) is 3.84. The first kappa shape index (κ1) is 18.2. The highest BCUT2D eigenvalue weighted by Gasteiger charge is 2.40. The van der Waals surface area contributed by atoms with Gasteiger partial charge in [0, 0.05) is 24.8 Å². The zero-order valence-electron chi connectivity index (χ0n) is 14.6. The molecule has 0 aliphatic carbocycles. The average molecular weight is 357 g/mol. The van der Waals surface area contributed by atoms with E-state index in [1.807, 2.05) is 18.2 Å². The maximum atomic E-state index is 12.5. The lowest BCUT2D eigenvalue weighted by molar-refractivity contribution is -0.151. The normalized spacial score (nSPS) is 21.5. The summed E-state index contributed by atoms with van der Waals surface area (Å²) in [6.07, 6.45) is -0.355. The summed E-state index contributed by atoms with van der Waals surface area (Å²) in [6, 6.07) is 5.69. The van der Waals surface area contributed by atoms with Crippen molar-refractivity contribution in [3.05, 3.63) is 18.2 Å². The van der Waals surface area contributed by atoms with Gasteiger partial charge in [-0.25, -0.2) is 0 Å². The first-order valence-corrected chi connectivity index (χ1v) is 8.78. The fraction of sp³-hybridized carbons (Fsp3) is 0.667. The third-order valence-electron chi connectivity index (χ3n) is 5.69.